The van der Waals surface area contributed by atoms with Gasteiger partial charge in [0.05, 0.1) is 24.5 Å². The van der Waals surface area contributed by atoms with Crippen molar-refractivity contribution < 1.29 is 42.1 Å². The summed E-state index contributed by atoms with van der Waals surface area (Å²) in [4.78, 5) is -0.349. The van der Waals surface area contributed by atoms with Crippen LogP contribution in [0.1, 0.15) is 38.9 Å². The molecule has 20 heteroatoms. The first-order chi connectivity index (χ1) is 36.5. The Morgan fingerprint density at radius 3 is 0.597 bits per heavy atom. The molecule has 0 radical (unpaired) electrons. The van der Waals surface area contributed by atoms with Gasteiger partial charge in [0.15, 0.2) is 0 Å². The molecule has 0 saturated heterocycles. The average Bonchev–Trinajstić information content (AvgIpc) is 3.40. The summed E-state index contributed by atoms with van der Waals surface area (Å²) in [6.45, 7) is 5.33. The Morgan fingerprint density at radius 2 is 0.403 bits per heavy atom. The molecule has 0 unspecified atom stereocenters. The molecule has 0 heterocycles. The molecule has 7 rings (SSSR count). The summed E-state index contributed by atoms with van der Waals surface area (Å²) in [5.74, 6) is 0. The van der Waals surface area contributed by atoms with E-state index < -0.39 is 89.4 Å². The van der Waals surface area contributed by atoms with Crippen LogP contribution in [0.3, 0.4) is 0 Å². The van der Waals surface area contributed by atoms with E-state index >= 15 is 0 Å². The van der Waals surface area contributed by atoms with Crippen molar-refractivity contribution in [1.29, 1.82) is 0 Å². The monoisotopic (exact) mass is 1140 g/mol. The fraction of sp³-hybridized carbons (Fsp3) is 0.263. The second kappa shape index (κ2) is 25.3. The minimum atomic E-state index is -4.53. The molecule has 15 nitrogen and oxygen atoms in total. The Bertz CT molecular complexity index is 3440. The highest BCUT2D eigenvalue weighted by Crippen LogP contribution is 2.26. The first-order valence-electron chi connectivity index (χ1n) is 24.9. The molecule has 0 aliphatic carbocycles. The highest BCUT2D eigenvalue weighted by Gasteiger charge is 2.35. The van der Waals surface area contributed by atoms with Crippen molar-refractivity contribution >= 4 is 50.1 Å². The van der Waals surface area contributed by atoms with Gasteiger partial charge in [-0.15, -0.1) is 0 Å². The number of sulfonamides is 5. The summed E-state index contributed by atoms with van der Waals surface area (Å²) in [5.41, 5.74) is 5.30. The minimum Gasteiger partial charge on any atom is -0.207 e. The molecule has 7 aromatic carbocycles. The van der Waals surface area contributed by atoms with Crippen LogP contribution in [-0.4, -0.2) is 116 Å². The minimum absolute atomic E-state index is 0.00316. The zero-order valence-corrected chi connectivity index (χ0v) is 47.8. The highest BCUT2D eigenvalue weighted by molar-refractivity contribution is 7.90. The molecule has 0 atom stereocenters. The van der Waals surface area contributed by atoms with E-state index in [2.05, 4.69) is 0 Å². The van der Waals surface area contributed by atoms with Gasteiger partial charge in [-0.3, -0.25) is 0 Å². The van der Waals surface area contributed by atoms with Gasteiger partial charge in [0.2, 0.25) is 50.1 Å². The largest absolute Gasteiger partial charge is 0.243 e. The molecule has 0 aliphatic heterocycles. The van der Waals surface area contributed by atoms with E-state index in [4.69, 9.17) is 0 Å². The van der Waals surface area contributed by atoms with Gasteiger partial charge in [-0.25, -0.2) is 42.1 Å². The summed E-state index contributed by atoms with van der Waals surface area (Å²) in [7, 11) is -21.9. The second-order valence-electron chi connectivity index (χ2n) is 18.9. The highest BCUT2D eigenvalue weighted by atomic mass is 32.2. The van der Waals surface area contributed by atoms with Crippen molar-refractivity contribution in [2.75, 3.05) is 52.4 Å². The van der Waals surface area contributed by atoms with E-state index in [1.54, 1.807) is 142 Å². The lowest BCUT2D eigenvalue weighted by molar-refractivity contribution is 0.292. The molecular weight excluding hydrogens is 1070 g/mol. The van der Waals surface area contributed by atoms with E-state index in [-0.39, 0.29) is 50.7 Å². The average molecular weight is 1140 g/mol. The van der Waals surface area contributed by atoms with Gasteiger partial charge in [-0.2, -0.15) is 21.5 Å². The third-order valence-electron chi connectivity index (χ3n) is 13.1. The fourth-order valence-electron chi connectivity index (χ4n) is 8.39. The normalized spacial score (nSPS) is 12.8. The van der Waals surface area contributed by atoms with E-state index in [0.29, 0.717) is 11.1 Å². The number of nitrogens with zero attached hydrogens (tertiary/aromatic N) is 5. The fourth-order valence-corrected chi connectivity index (χ4v) is 15.5. The molecule has 0 spiro atoms. The maximum absolute atomic E-state index is 15.0. The van der Waals surface area contributed by atoms with Crippen LogP contribution in [0.5, 0.6) is 0 Å². The number of aryl methyl sites for hydroxylation is 5. The summed E-state index contributed by atoms with van der Waals surface area (Å²) >= 11 is 0. The molecule has 7 aromatic rings. The first-order valence-corrected chi connectivity index (χ1v) is 32.1. The Morgan fingerprint density at radius 1 is 0.234 bits per heavy atom. The molecule has 0 fully saturated rings. The molecule has 0 aromatic heterocycles. The third kappa shape index (κ3) is 14.8. The maximum Gasteiger partial charge on any atom is 0.243 e. The van der Waals surface area contributed by atoms with Crippen LogP contribution in [0.25, 0.3) is 0 Å². The van der Waals surface area contributed by atoms with Crippen molar-refractivity contribution in [1.82, 2.24) is 21.5 Å². The summed E-state index contributed by atoms with van der Waals surface area (Å²) in [5, 5.41) is 0. The molecule has 0 bridgehead atoms. The Labute approximate surface area is 456 Å². The molecular formula is C57H65N5O10S5. The van der Waals surface area contributed by atoms with Crippen LogP contribution >= 0.6 is 0 Å². The Hall–Kier alpha value is -5.91. The Balaban J connectivity index is 1.26. The molecule has 0 saturated carbocycles. The summed E-state index contributed by atoms with van der Waals surface area (Å²) in [6, 6.07) is 48.6. The smallest absolute Gasteiger partial charge is 0.207 e. The molecule has 408 valence electrons. The predicted molar refractivity (Wildman–Crippen MR) is 300 cm³/mol. The number of hydrogen-bond acceptors (Lipinski definition) is 10. The van der Waals surface area contributed by atoms with Gasteiger partial charge >= 0.3 is 0 Å². The topological polar surface area (TPSA) is 187 Å². The summed E-state index contributed by atoms with van der Waals surface area (Å²) in [6.07, 6.45) is 0. The van der Waals surface area contributed by atoms with Crippen molar-refractivity contribution in [3.63, 3.8) is 0 Å². The van der Waals surface area contributed by atoms with Crippen molar-refractivity contribution in [2.24, 2.45) is 0 Å². The third-order valence-corrected chi connectivity index (χ3v) is 22.5. The van der Waals surface area contributed by atoms with Crippen LogP contribution in [0.4, 0.5) is 0 Å². The van der Waals surface area contributed by atoms with Crippen molar-refractivity contribution in [2.45, 2.75) is 72.2 Å². The quantitative estimate of drug-likeness (QED) is 0.0510. The van der Waals surface area contributed by atoms with Crippen LogP contribution in [-0.2, 0) is 63.2 Å². The van der Waals surface area contributed by atoms with Gasteiger partial charge in [-0.05, 0) is 106 Å². The standard InChI is InChI=1S/C57H65N5O10S5/c1-46-16-26-53(27-17-46)73(63,64)58(36-38-59(74(65,66)54-28-18-47(2)19-29-54)40-42-61(44-51-12-8-6-9-13-51)76(69,70)56-32-22-49(4)23-33-56)37-39-60(75(67,68)55-30-20-48(3)21-31-55)41-43-62(45-52-14-10-7-11-15-52)77(71,72)57-34-24-50(5)25-35-57/h6-35H,36-45H2,1-5H3. The first kappa shape index (κ1) is 58.8. The van der Waals surface area contributed by atoms with Gasteiger partial charge in [0.25, 0.3) is 0 Å². The zero-order valence-electron chi connectivity index (χ0n) is 43.8. The zero-order chi connectivity index (χ0) is 55.6. The lowest BCUT2D eigenvalue weighted by atomic mass is 10.2. The number of rotatable bonds is 26. The molecule has 0 N–H and O–H groups in total. The lowest BCUT2D eigenvalue weighted by Gasteiger charge is -2.31. The van der Waals surface area contributed by atoms with Crippen molar-refractivity contribution in [3.05, 3.63) is 221 Å². The lowest BCUT2D eigenvalue weighted by Crippen LogP contribution is -2.47. The van der Waals surface area contributed by atoms with E-state index in [0.717, 1.165) is 40.7 Å². The molecule has 0 amide bonds. The maximum atomic E-state index is 15.0. The Kier molecular flexibility index (Phi) is 19.3. The van der Waals surface area contributed by atoms with Crippen LogP contribution < -0.4 is 0 Å². The second-order valence-corrected chi connectivity index (χ2v) is 28.6. The summed E-state index contributed by atoms with van der Waals surface area (Å²) < 4.78 is 153. The SMILES string of the molecule is Cc1ccc(S(=O)(=O)N(CCN(CCN(Cc2ccccc2)S(=O)(=O)c2ccc(C)cc2)S(=O)(=O)c2ccc(C)cc2)CCN(CCN(Cc2ccccc2)S(=O)(=O)c2ccc(C)cc2)S(=O)(=O)c2ccc(C)cc2)cc1. The van der Waals surface area contributed by atoms with Crippen LogP contribution in [0.15, 0.2) is 206 Å². The molecule has 0 aliphatic rings. The molecule has 77 heavy (non-hydrogen) atoms. The van der Waals surface area contributed by atoms with E-state index in [1.807, 2.05) is 13.8 Å². The van der Waals surface area contributed by atoms with Crippen LogP contribution in [0, 0.1) is 34.6 Å². The van der Waals surface area contributed by atoms with E-state index in [9.17, 15) is 42.1 Å². The van der Waals surface area contributed by atoms with Gasteiger partial charge in [-0.1, -0.05) is 149 Å². The van der Waals surface area contributed by atoms with Crippen molar-refractivity contribution in [3.8, 4) is 0 Å². The number of hydrogen-bond donors (Lipinski definition) is 0. The predicted octanol–water partition coefficient (Wildman–Crippen LogP) is 8.38. The van der Waals surface area contributed by atoms with Gasteiger partial charge < -0.3 is 0 Å². The van der Waals surface area contributed by atoms with E-state index in [1.165, 1.54) is 69.3 Å². The van der Waals surface area contributed by atoms with Gasteiger partial charge in [0.1, 0.15) is 0 Å². The number of benzene rings is 7. The van der Waals surface area contributed by atoms with Crippen LogP contribution in [0.2, 0.25) is 0 Å². The van der Waals surface area contributed by atoms with Gasteiger partial charge in [0, 0.05) is 65.4 Å².